The number of fused-ring (bicyclic) bond motifs is 1. The molecule has 0 aliphatic rings. The van der Waals surface area contributed by atoms with Crippen LogP contribution in [0.5, 0.6) is 0 Å². The Hall–Kier alpha value is -1.81. The molecule has 0 radical (unpaired) electrons. The number of hydrogen-bond donors (Lipinski definition) is 1. The molecular weight excluding hydrogens is 236 g/mol. The van der Waals surface area contributed by atoms with Crippen LogP contribution in [0.4, 0.5) is 11.5 Å². The summed E-state index contributed by atoms with van der Waals surface area (Å²) in [5.74, 6) is 1.04. The largest absolute Gasteiger partial charge is 0.399 e. The second-order valence-corrected chi connectivity index (χ2v) is 5.31. The first-order chi connectivity index (χ1) is 8.97. The van der Waals surface area contributed by atoms with E-state index in [0.29, 0.717) is 0 Å². The number of aryl methyl sites for hydroxylation is 1. The molecule has 4 heteroatoms. The van der Waals surface area contributed by atoms with Crippen molar-refractivity contribution in [1.29, 1.82) is 0 Å². The van der Waals surface area contributed by atoms with Gasteiger partial charge in [-0.2, -0.15) is 0 Å². The van der Waals surface area contributed by atoms with Crippen LogP contribution in [0.3, 0.4) is 0 Å². The number of hydrogen-bond acceptors (Lipinski definition) is 4. The Morgan fingerprint density at radius 2 is 1.84 bits per heavy atom. The molecule has 2 aromatic rings. The molecule has 0 amide bonds. The zero-order chi connectivity index (χ0) is 14.0. The summed E-state index contributed by atoms with van der Waals surface area (Å²) in [7, 11) is 6.25. The molecule has 2 rings (SSSR count). The van der Waals surface area contributed by atoms with Gasteiger partial charge in [0.25, 0.3) is 0 Å². The molecule has 0 spiro atoms. The van der Waals surface area contributed by atoms with Gasteiger partial charge in [0, 0.05) is 31.2 Å². The molecule has 1 heterocycles. The molecule has 2 N–H and O–H groups in total. The summed E-state index contributed by atoms with van der Waals surface area (Å²) < 4.78 is 0. The van der Waals surface area contributed by atoms with Crippen LogP contribution in [0.25, 0.3) is 10.9 Å². The number of anilines is 2. The fourth-order valence-electron chi connectivity index (χ4n) is 2.13. The quantitative estimate of drug-likeness (QED) is 0.853. The van der Waals surface area contributed by atoms with E-state index in [0.717, 1.165) is 35.5 Å². The summed E-state index contributed by atoms with van der Waals surface area (Å²) in [5.41, 5.74) is 8.76. The van der Waals surface area contributed by atoms with Crippen LogP contribution in [0.1, 0.15) is 5.56 Å². The summed E-state index contributed by atoms with van der Waals surface area (Å²) in [6, 6.07) is 8.00. The van der Waals surface area contributed by atoms with Crippen molar-refractivity contribution in [3.8, 4) is 0 Å². The maximum absolute atomic E-state index is 5.81. The van der Waals surface area contributed by atoms with E-state index in [9.17, 15) is 0 Å². The van der Waals surface area contributed by atoms with Gasteiger partial charge < -0.3 is 15.5 Å². The van der Waals surface area contributed by atoms with Gasteiger partial charge in [-0.05, 0) is 50.8 Å². The standard InChI is InChI=1S/C15H22N4/c1-11-9-12-10-13(16)5-6-14(12)17-15(11)19(4)8-7-18(2)3/h5-6,9-10H,7-8,16H2,1-4H3. The molecule has 0 aliphatic carbocycles. The lowest BCUT2D eigenvalue weighted by molar-refractivity contribution is 0.416. The highest BCUT2D eigenvalue weighted by Crippen LogP contribution is 2.23. The first-order valence-electron chi connectivity index (χ1n) is 6.50. The lowest BCUT2D eigenvalue weighted by Crippen LogP contribution is -2.29. The molecule has 1 aromatic heterocycles. The van der Waals surface area contributed by atoms with Crippen LogP contribution in [-0.2, 0) is 0 Å². The number of rotatable bonds is 4. The minimum atomic E-state index is 0.780. The van der Waals surface area contributed by atoms with Crippen molar-refractivity contribution >= 4 is 22.4 Å². The molecule has 0 unspecified atom stereocenters. The molecule has 0 saturated heterocycles. The van der Waals surface area contributed by atoms with Gasteiger partial charge in [0.1, 0.15) is 5.82 Å². The Kier molecular flexibility index (Phi) is 3.90. The van der Waals surface area contributed by atoms with Crippen molar-refractivity contribution < 1.29 is 0 Å². The molecule has 0 aliphatic heterocycles. The number of aromatic nitrogens is 1. The van der Waals surface area contributed by atoms with Crippen molar-refractivity contribution in [3.63, 3.8) is 0 Å². The van der Waals surface area contributed by atoms with Crippen LogP contribution in [0.15, 0.2) is 24.3 Å². The molecule has 0 saturated carbocycles. The number of nitrogens with two attached hydrogens (primary N) is 1. The maximum atomic E-state index is 5.81. The van der Waals surface area contributed by atoms with E-state index < -0.39 is 0 Å². The van der Waals surface area contributed by atoms with E-state index in [4.69, 9.17) is 10.7 Å². The molecule has 0 bridgehead atoms. The lowest BCUT2D eigenvalue weighted by Gasteiger charge is -2.22. The third kappa shape index (κ3) is 3.15. The van der Waals surface area contributed by atoms with Crippen molar-refractivity contribution in [1.82, 2.24) is 9.88 Å². The highest BCUT2D eigenvalue weighted by molar-refractivity contribution is 5.84. The van der Waals surface area contributed by atoms with Gasteiger partial charge in [-0.15, -0.1) is 0 Å². The second-order valence-electron chi connectivity index (χ2n) is 5.31. The molecule has 1 aromatic carbocycles. The SMILES string of the molecule is Cc1cc2cc(N)ccc2nc1N(C)CCN(C)C. The van der Waals surface area contributed by atoms with Crippen molar-refractivity contribution in [3.05, 3.63) is 29.8 Å². The molecule has 4 nitrogen and oxygen atoms in total. The van der Waals surface area contributed by atoms with Gasteiger partial charge in [0.2, 0.25) is 0 Å². The van der Waals surface area contributed by atoms with Crippen LogP contribution < -0.4 is 10.6 Å². The summed E-state index contributed by atoms with van der Waals surface area (Å²) in [5, 5.41) is 1.10. The van der Waals surface area contributed by atoms with Crippen molar-refractivity contribution in [2.45, 2.75) is 6.92 Å². The topological polar surface area (TPSA) is 45.4 Å². The first-order valence-corrected chi connectivity index (χ1v) is 6.50. The van der Waals surface area contributed by atoms with Crippen molar-refractivity contribution in [2.24, 2.45) is 0 Å². The van der Waals surface area contributed by atoms with E-state index in [1.54, 1.807) is 0 Å². The zero-order valence-electron chi connectivity index (χ0n) is 12.1. The number of benzene rings is 1. The van der Waals surface area contributed by atoms with E-state index in [1.165, 1.54) is 5.56 Å². The van der Waals surface area contributed by atoms with E-state index in [1.807, 2.05) is 18.2 Å². The number of likely N-dealkylation sites (N-methyl/N-ethyl adjacent to an activating group) is 2. The second kappa shape index (κ2) is 5.45. The maximum Gasteiger partial charge on any atom is 0.131 e. The number of pyridine rings is 1. The van der Waals surface area contributed by atoms with Crippen LogP contribution in [0.2, 0.25) is 0 Å². The fourth-order valence-corrected chi connectivity index (χ4v) is 2.13. The fraction of sp³-hybridized carbons (Fsp3) is 0.400. The van der Waals surface area contributed by atoms with Crippen LogP contribution in [0, 0.1) is 6.92 Å². The predicted molar refractivity (Wildman–Crippen MR) is 82.7 cm³/mol. The number of nitrogen functional groups attached to an aromatic ring is 1. The summed E-state index contributed by atoms with van der Waals surface area (Å²) in [6.07, 6.45) is 0. The van der Waals surface area contributed by atoms with Gasteiger partial charge >= 0.3 is 0 Å². The summed E-state index contributed by atoms with van der Waals surface area (Å²) in [6.45, 7) is 4.07. The van der Waals surface area contributed by atoms with Crippen molar-refractivity contribution in [2.75, 3.05) is 44.9 Å². The Balaban J connectivity index is 2.33. The monoisotopic (exact) mass is 258 g/mol. The van der Waals surface area contributed by atoms with Crippen LogP contribution in [-0.4, -0.2) is 44.1 Å². The normalized spacial score (nSPS) is 11.2. The molecule has 19 heavy (non-hydrogen) atoms. The zero-order valence-corrected chi connectivity index (χ0v) is 12.1. The highest BCUT2D eigenvalue weighted by Gasteiger charge is 2.08. The molecular formula is C15H22N4. The lowest BCUT2D eigenvalue weighted by atomic mass is 10.1. The molecule has 0 atom stereocenters. The van der Waals surface area contributed by atoms with Gasteiger partial charge in [0.15, 0.2) is 0 Å². The van der Waals surface area contributed by atoms with E-state index >= 15 is 0 Å². The van der Waals surface area contributed by atoms with E-state index in [2.05, 4.69) is 43.9 Å². The minimum absolute atomic E-state index is 0.780. The molecule has 0 fully saturated rings. The number of nitrogens with zero attached hydrogens (tertiary/aromatic N) is 3. The first kappa shape index (κ1) is 13.6. The van der Waals surface area contributed by atoms with Gasteiger partial charge in [-0.3, -0.25) is 0 Å². The smallest absolute Gasteiger partial charge is 0.131 e. The third-order valence-electron chi connectivity index (χ3n) is 3.25. The third-order valence-corrected chi connectivity index (χ3v) is 3.25. The Bertz CT molecular complexity index is 578. The van der Waals surface area contributed by atoms with Crippen LogP contribution >= 0.6 is 0 Å². The van der Waals surface area contributed by atoms with Gasteiger partial charge in [-0.25, -0.2) is 4.98 Å². The Morgan fingerprint density at radius 3 is 2.53 bits per heavy atom. The highest BCUT2D eigenvalue weighted by atomic mass is 15.2. The Labute approximate surface area is 114 Å². The summed E-state index contributed by atoms with van der Waals surface area (Å²) >= 11 is 0. The van der Waals surface area contributed by atoms with E-state index in [-0.39, 0.29) is 0 Å². The summed E-state index contributed by atoms with van der Waals surface area (Å²) in [4.78, 5) is 9.12. The molecule has 102 valence electrons. The average Bonchev–Trinajstić information content (AvgIpc) is 2.35. The van der Waals surface area contributed by atoms with Gasteiger partial charge in [0.05, 0.1) is 5.52 Å². The predicted octanol–water partition coefficient (Wildman–Crippen LogP) is 2.12. The van der Waals surface area contributed by atoms with Gasteiger partial charge in [-0.1, -0.05) is 0 Å². The minimum Gasteiger partial charge on any atom is -0.399 e. The average molecular weight is 258 g/mol. The Morgan fingerprint density at radius 1 is 1.11 bits per heavy atom.